The Hall–Kier alpha value is -8.47. The fraction of sp³-hybridized carbons (Fsp3) is 0. The third-order valence-electron chi connectivity index (χ3n) is 12.8. The van der Waals surface area contributed by atoms with Crippen LogP contribution in [-0.4, -0.2) is 18.9 Å². The summed E-state index contributed by atoms with van der Waals surface area (Å²) in [4.78, 5) is 0. The lowest BCUT2D eigenvalue weighted by molar-refractivity contribution is 0.918. The molecule has 13 rings (SSSR count). The zero-order valence-electron chi connectivity index (χ0n) is 34.2. The van der Waals surface area contributed by atoms with Gasteiger partial charge in [-0.05, 0) is 94.4 Å². The minimum atomic E-state index is 0.946. The van der Waals surface area contributed by atoms with Crippen LogP contribution in [0.15, 0.2) is 231 Å². The Morgan fingerprint density at radius 1 is 0.302 bits per heavy atom. The first-order valence-electron chi connectivity index (χ1n) is 21.6. The second-order valence-electron chi connectivity index (χ2n) is 16.4. The molecule has 0 saturated carbocycles. The molecule has 3 heterocycles. The molecule has 0 aliphatic carbocycles. The van der Waals surface area contributed by atoms with Crippen LogP contribution in [0, 0.1) is 0 Å². The number of fused-ring (bicyclic) bond motifs is 9. The van der Waals surface area contributed by atoms with Crippen molar-refractivity contribution in [1.82, 2.24) is 18.9 Å². The minimum Gasteiger partial charge on any atom is -0.309 e. The summed E-state index contributed by atoms with van der Waals surface area (Å²) in [5, 5.41) is 14.0. The molecule has 63 heavy (non-hydrogen) atoms. The van der Waals surface area contributed by atoms with Crippen molar-refractivity contribution in [1.29, 1.82) is 0 Å². The fourth-order valence-electron chi connectivity index (χ4n) is 10.1. The lowest BCUT2D eigenvalue weighted by atomic mass is 9.93. The highest BCUT2D eigenvalue weighted by atomic mass is 15.3. The van der Waals surface area contributed by atoms with E-state index in [1.807, 2.05) is 0 Å². The fourth-order valence-corrected chi connectivity index (χ4v) is 10.1. The Labute approximate surface area is 363 Å². The highest BCUT2D eigenvalue weighted by molar-refractivity contribution is 6.17. The van der Waals surface area contributed by atoms with Crippen molar-refractivity contribution in [2.45, 2.75) is 0 Å². The van der Waals surface area contributed by atoms with Crippen LogP contribution >= 0.6 is 0 Å². The van der Waals surface area contributed by atoms with E-state index in [2.05, 4.69) is 244 Å². The van der Waals surface area contributed by atoms with E-state index in [1.165, 1.54) is 54.4 Å². The molecule has 0 aliphatic rings. The number of rotatable bonds is 6. The van der Waals surface area contributed by atoms with Crippen molar-refractivity contribution >= 4 is 65.3 Å². The molecule has 0 radical (unpaired) electrons. The standard InChI is InChI=1S/C59H38N4/c1-3-18-39(19-4-1)52-37-41-20-7-8-25-47(41)59-57(52)58(60-63(59)44-23-5-2-6-24-44)42-22-17-21-40(34-42)43-35-45(61-53-30-13-9-26-48(53)49-27-10-14-31-54(49)61)38-46(36-43)62-55-32-15-11-28-50(55)51-29-12-16-33-56(51)62/h1-38H. The number of nitrogens with zero attached hydrogens (tertiary/aromatic N) is 4. The van der Waals surface area contributed by atoms with Crippen molar-refractivity contribution in [2.75, 3.05) is 0 Å². The van der Waals surface area contributed by atoms with Crippen LogP contribution < -0.4 is 0 Å². The Morgan fingerprint density at radius 2 is 0.762 bits per heavy atom. The maximum absolute atomic E-state index is 5.56. The molecular weight excluding hydrogens is 765 g/mol. The third kappa shape index (κ3) is 5.52. The predicted molar refractivity (Wildman–Crippen MR) is 264 cm³/mol. The molecule has 0 saturated heterocycles. The molecule has 0 bridgehead atoms. The van der Waals surface area contributed by atoms with Crippen molar-refractivity contribution in [3.8, 4) is 50.6 Å². The van der Waals surface area contributed by atoms with Gasteiger partial charge < -0.3 is 9.13 Å². The van der Waals surface area contributed by atoms with E-state index in [0.717, 1.165) is 61.5 Å². The Balaban J connectivity index is 1.10. The summed E-state index contributed by atoms with van der Waals surface area (Å²) in [7, 11) is 0. The molecule has 0 amide bonds. The van der Waals surface area contributed by atoms with Crippen LogP contribution in [0.5, 0.6) is 0 Å². The SMILES string of the molecule is c1ccc(-c2cc3ccccc3c3c2c(-c2cccc(-c4cc(-n5c6ccccc6c6ccccc65)cc(-n5c6ccccc6c6ccccc65)c4)c2)nn3-c2ccccc2)cc1. The second kappa shape index (κ2) is 14.1. The van der Waals surface area contributed by atoms with E-state index in [0.29, 0.717) is 0 Å². The lowest BCUT2D eigenvalue weighted by Gasteiger charge is -2.16. The zero-order valence-corrected chi connectivity index (χ0v) is 34.2. The normalized spacial score (nSPS) is 11.8. The van der Waals surface area contributed by atoms with Gasteiger partial charge in [0.05, 0.1) is 33.3 Å². The van der Waals surface area contributed by atoms with E-state index >= 15 is 0 Å². The van der Waals surface area contributed by atoms with Crippen LogP contribution in [0.25, 0.3) is 116 Å². The van der Waals surface area contributed by atoms with Crippen LogP contribution in [0.3, 0.4) is 0 Å². The summed E-state index contributed by atoms with van der Waals surface area (Å²) in [6.45, 7) is 0. The second-order valence-corrected chi connectivity index (χ2v) is 16.4. The van der Waals surface area contributed by atoms with E-state index < -0.39 is 0 Å². The van der Waals surface area contributed by atoms with Gasteiger partial charge in [-0.15, -0.1) is 0 Å². The molecule has 13 aromatic rings. The van der Waals surface area contributed by atoms with Crippen molar-refractivity contribution in [3.05, 3.63) is 231 Å². The van der Waals surface area contributed by atoms with Gasteiger partial charge in [0, 0.05) is 49.3 Å². The zero-order chi connectivity index (χ0) is 41.4. The van der Waals surface area contributed by atoms with Crippen LogP contribution in [0.4, 0.5) is 0 Å². The number of hydrogen-bond donors (Lipinski definition) is 0. The molecule has 0 unspecified atom stereocenters. The molecule has 0 fully saturated rings. The van der Waals surface area contributed by atoms with Crippen molar-refractivity contribution in [3.63, 3.8) is 0 Å². The molecular formula is C59H38N4. The van der Waals surface area contributed by atoms with Crippen LogP contribution in [0.2, 0.25) is 0 Å². The summed E-state index contributed by atoms with van der Waals surface area (Å²) in [6.07, 6.45) is 0. The Bertz CT molecular complexity index is 3670. The summed E-state index contributed by atoms with van der Waals surface area (Å²) in [5.41, 5.74) is 15.6. The number of benzene rings is 10. The van der Waals surface area contributed by atoms with Gasteiger partial charge in [-0.3, -0.25) is 0 Å². The van der Waals surface area contributed by atoms with Gasteiger partial charge in [-0.25, -0.2) is 4.68 Å². The van der Waals surface area contributed by atoms with Gasteiger partial charge >= 0.3 is 0 Å². The minimum absolute atomic E-state index is 0.946. The Morgan fingerprint density at radius 3 is 1.33 bits per heavy atom. The molecule has 10 aromatic carbocycles. The molecule has 0 N–H and O–H groups in total. The quantitative estimate of drug-likeness (QED) is 0.165. The molecule has 0 spiro atoms. The highest BCUT2D eigenvalue weighted by Gasteiger charge is 2.22. The van der Waals surface area contributed by atoms with Crippen LogP contribution in [-0.2, 0) is 0 Å². The maximum atomic E-state index is 5.56. The van der Waals surface area contributed by atoms with Gasteiger partial charge in [0.15, 0.2) is 0 Å². The summed E-state index contributed by atoms with van der Waals surface area (Å²) in [5.74, 6) is 0. The number of para-hydroxylation sites is 5. The summed E-state index contributed by atoms with van der Waals surface area (Å²) >= 11 is 0. The Kier molecular flexibility index (Phi) is 7.87. The number of hydrogen-bond acceptors (Lipinski definition) is 1. The first-order valence-corrected chi connectivity index (χ1v) is 21.6. The maximum Gasteiger partial charge on any atom is 0.101 e. The average Bonchev–Trinajstić information content (AvgIpc) is 4.03. The van der Waals surface area contributed by atoms with Gasteiger partial charge in [0.1, 0.15) is 5.69 Å². The molecule has 3 aromatic heterocycles. The largest absolute Gasteiger partial charge is 0.309 e. The summed E-state index contributed by atoms with van der Waals surface area (Å²) < 4.78 is 7.01. The summed E-state index contributed by atoms with van der Waals surface area (Å²) in [6, 6.07) is 83.4. The lowest BCUT2D eigenvalue weighted by Crippen LogP contribution is -2.00. The van der Waals surface area contributed by atoms with E-state index in [-0.39, 0.29) is 0 Å². The van der Waals surface area contributed by atoms with Gasteiger partial charge in [-0.2, -0.15) is 5.10 Å². The van der Waals surface area contributed by atoms with Gasteiger partial charge in [-0.1, -0.05) is 164 Å². The van der Waals surface area contributed by atoms with E-state index in [1.54, 1.807) is 0 Å². The van der Waals surface area contributed by atoms with E-state index in [4.69, 9.17) is 5.10 Å². The molecule has 4 heteroatoms. The van der Waals surface area contributed by atoms with Crippen molar-refractivity contribution < 1.29 is 0 Å². The van der Waals surface area contributed by atoms with Gasteiger partial charge in [0.25, 0.3) is 0 Å². The first kappa shape index (κ1) is 35.3. The predicted octanol–water partition coefficient (Wildman–Crippen LogP) is 15.4. The monoisotopic (exact) mass is 802 g/mol. The molecule has 0 aliphatic heterocycles. The first-order chi connectivity index (χ1) is 31.3. The van der Waals surface area contributed by atoms with Crippen molar-refractivity contribution in [2.24, 2.45) is 0 Å². The van der Waals surface area contributed by atoms with E-state index in [9.17, 15) is 0 Å². The third-order valence-corrected chi connectivity index (χ3v) is 12.8. The molecule has 4 nitrogen and oxygen atoms in total. The van der Waals surface area contributed by atoms with Crippen LogP contribution in [0.1, 0.15) is 0 Å². The van der Waals surface area contributed by atoms with Gasteiger partial charge in [0.2, 0.25) is 0 Å². The molecule has 294 valence electrons. The highest BCUT2D eigenvalue weighted by Crippen LogP contribution is 2.43. The molecule has 0 atom stereocenters. The topological polar surface area (TPSA) is 27.7 Å². The average molecular weight is 803 g/mol. The smallest absolute Gasteiger partial charge is 0.101 e. The number of aromatic nitrogens is 4.